The van der Waals surface area contributed by atoms with E-state index in [2.05, 4.69) is 17.9 Å². The van der Waals surface area contributed by atoms with E-state index in [4.69, 9.17) is 14.9 Å². The molecule has 0 atom stereocenters. The highest BCUT2D eigenvalue weighted by atomic mass is 16.5. The molecule has 0 spiro atoms. The summed E-state index contributed by atoms with van der Waals surface area (Å²) < 4.78 is 9.40. The first-order chi connectivity index (χ1) is 9.86. The topological polar surface area (TPSA) is 93.1 Å². The summed E-state index contributed by atoms with van der Waals surface area (Å²) in [5.74, 6) is -0.753. The Hall–Kier alpha value is -1.66. The number of hydrogen-bond donors (Lipinski definition) is 2. The van der Waals surface area contributed by atoms with E-state index in [1.165, 1.54) is 0 Å². The molecular weight excluding hydrogens is 276 g/mol. The zero-order valence-corrected chi connectivity index (χ0v) is 12.9. The normalized spacial score (nSPS) is 9.14. The number of aliphatic hydroxyl groups is 2. The van der Waals surface area contributed by atoms with E-state index in [0.29, 0.717) is 37.0 Å². The van der Waals surface area contributed by atoms with Crippen LogP contribution in [0.5, 0.6) is 0 Å². The summed E-state index contributed by atoms with van der Waals surface area (Å²) in [6.45, 7) is 10.8. The van der Waals surface area contributed by atoms with Crippen LogP contribution in [-0.4, -0.2) is 48.6 Å². The van der Waals surface area contributed by atoms with Gasteiger partial charge in [-0.2, -0.15) is 0 Å². The molecule has 0 rings (SSSR count). The van der Waals surface area contributed by atoms with Crippen LogP contribution < -0.4 is 0 Å². The molecule has 6 heteroatoms. The van der Waals surface area contributed by atoms with Crippen LogP contribution in [-0.2, 0) is 19.1 Å². The molecule has 0 aliphatic carbocycles. The van der Waals surface area contributed by atoms with Crippen LogP contribution in [0, 0.1) is 0 Å². The average molecular weight is 302 g/mol. The van der Waals surface area contributed by atoms with Crippen molar-refractivity contribution in [3.05, 3.63) is 24.3 Å². The Kier molecular flexibility index (Phi) is 15.2. The van der Waals surface area contributed by atoms with Crippen molar-refractivity contribution >= 4 is 11.9 Å². The Morgan fingerprint density at radius 1 is 0.810 bits per heavy atom. The summed E-state index contributed by atoms with van der Waals surface area (Å²) in [6, 6.07) is 0. The van der Waals surface area contributed by atoms with Gasteiger partial charge in [0.2, 0.25) is 0 Å². The Balaban J connectivity index is 0. The fourth-order valence-corrected chi connectivity index (χ4v) is 0.855. The minimum Gasteiger partial charge on any atom is -0.462 e. The van der Waals surface area contributed by atoms with E-state index in [0.717, 1.165) is 0 Å². The first-order valence-corrected chi connectivity index (χ1v) is 6.73. The number of ether oxygens (including phenoxy) is 2. The first kappa shape index (κ1) is 21.6. The fourth-order valence-electron chi connectivity index (χ4n) is 0.855. The van der Waals surface area contributed by atoms with Gasteiger partial charge in [-0.05, 0) is 26.7 Å². The van der Waals surface area contributed by atoms with E-state index < -0.39 is 5.97 Å². The predicted octanol–water partition coefficient (Wildman–Crippen LogP) is 1.37. The van der Waals surface area contributed by atoms with Crippen molar-refractivity contribution < 1.29 is 29.3 Å². The first-order valence-electron chi connectivity index (χ1n) is 6.73. The lowest BCUT2D eigenvalue weighted by molar-refractivity contribution is -0.140. The van der Waals surface area contributed by atoms with E-state index in [9.17, 15) is 9.59 Å². The SMILES string of the molecule is C=C(C)C(=O)OCCCCO.C=C(C)C(=O)OCCCO. The van der Waals surface area contributed by atoms with E-state index >= 15 is 0 Å². The lowest BCUT2D eigenvalue weighted by Gasteiger charge is -2.01. The Morgan fingerprint density at radius 2 is 1.19 bits per heavy atom. The van der Waals surface area contributed by atoms with Crippen molar-refractivity contribution in [1.82, 2.24) is 0 Å². The van der Waals surface area contributed by atoms with Gasteiger partial charge in [0.25, 0.3) is 0 Å². The lowest BCUT2D eigenvalue weighted by Crippen LogP contribution is -2.06. The summed E-state index contributed by atoms with van der Waals surface area (Å²) in [4.78, 5) is 21.3. The molecule has 0 radical (unpaired) electrons. The van der Waals surface area contributed by atoms with E-state index in [1.54, 1.807) is 13.8 Å². The van der Waals surface area contributed by atoms with Crippen molar-refractivity contribution in [1.29, 1.82) is 0 Å². The van der Waals surface area contributed by atoms with Gasteiger partial charge in [-0.15, -0.1) is 0 Å². The molecule has 0 aliphatic heterocycles. The van der Waals surface area contributed by atoms with Gasteiger partial charge in [0.05, 0.1) is 13.2 Å². The van der Waals surface area contributed by atoms with Crippen LogP contribution in [0.4, 0.5) is 0 Å². The standard InChI is InChI=1S/C8H14O3.C7H12O3/c1-7(2)8(10)11-6-4-3-5-9;1-6(2)7(9)10-5-3-4-8/h9H,1,3-6H2,2H3;8H,1,3-5H2,2H3. The number of carbonyl (C=O) groups is 2. The molecule has 0 saturated heterocycles. The molecule has 122 valence electrons. The maximum Gasteiger partial charge on any atom is 0.333 e. The molecule has 6 nitrogen and oxygen atoms in total. The quantitative estimate of drug-likeness (QED) is 0.379. The van der Waals surface area contributed by atoms with Crippen LogP contribution in [0.1, 0.15) is 33.1 Å². The molecule has 2 N–H and O–H groups in total. The van der Waals surface area contributed by atoms with Gasteiger partial charge >= 0.3 is 11.9 Å². The number of unbranched alkanes of at least 4 members (excludes halogenated alkanes) is 1. The summed E-state index contributed by atoms with van der Waals surface area (Å²) in [5, 5.41) is 16.7. The Bertz CT molecular complexity index is 335. The van der Waals surface area contributed by atoms with E-state index in [-0.39, 0.29) is 25.8 Å². The van der Waals surface area contributed by atoms with Gasteiger partial charge in [0.1, 0.15) is 0 Å². The van der Waals surface area contributed by atoms with Gasteiger partial charge in [-0.3, -0.25) is 0 Å². The minimum atomic E-state index is -0.395. The van der Waals surface area contributed by atoms with Crippen LogP contribution in [0.2, 0.25) is 0 Å². The second-order valence-electron chi connectivity index (χ2n) is 4.34. The molecule has 0 bridgehead atoms. The van der Waals surface area contributed by atoms with Crippen molar-refractivity contribution in [3.63, 3.8) is 0 Å². The summed E-state index contributed by atoms with van der Waals surface area (Å²) >= 11 is 0. The van der Waals surface area contributed by atoms with Crippen LogP contribution in [0.3, 0.4) is 0 Å². The third-order valence-corrected chi connectivity index (χ3v) is 2.02. The molecule has 0 aromatic rings. The second-order valence-corrected chi connectivity index (χ2v) is 4.34. The number of hydrogen-bond acceptors (Lipinski definition) is 6. The maximum absolute atomic E-state index is 10.7. The lowest BCUT2D eigenvalue weighted by atomic mass is 10.3. The third-order valence-electron chi connectivity index (χ3n) is 2.02. The molecule has 0 unspecified atom stereocenters. The zero-order valence-electron chi connectivity index (χ0n) is 12.9. The third kappa shape index (κ3) is 16.3. The number of rotatable bonds is 9. The van der Waals surface area contributed by atoms with Crippen LogP contribution >= 0.6 is 0 Å². The smallest absolute Gasteiger partial charge is 0.333 e. The van der Waals surface area contributed by atoms with Crippen LogP contribution in [0.25, 0.3) is 0 Å². The predicted molar refractivity (Wildman–Crippen MR) is 79.6 cm³/mol. The molecule has 0 fully saturated rings. The van der Waals surface area contributed by atoms with Gasteiger partial charge in [-0.1, -0.05) is 13.2 Å². The van der Waals surface area contributed by atoms with Crippen molar-refractivity contribution in [2.24, 2.45) is 0 Å². The molecular formula is C15H26O6. The largest absolute Gasteiger partial charge is 0.462 e. The second kappa shape index (κ2) is 14.7. The molecule has 21 heavy (non-hydrogen) atoms. The Labute approximate surface area is 126 Å². The van der Waals surface area contributed by atoms with Crippen LogP contribution in [0.15, 0.2) is 24.3 Å². The molecule has 0 heterocycles. The number of esters is 2. The van der Waals surface area contributed by atoms with Gasteiger partial charge in [-0.25, -0.2) is 9.59 Å². The molecule has 0 amide bonds. The minimum absolute atomic E-state index is 0.0451. The highest BCUT2D eigenvalue weighted by Crippen LogP contribution is 1.95. The summed E-state index contributed by atoms with van der Waals surface area (Å²) in [5.41, 5.74) is 0.798. The molecule has 0 saturated carbocycles. The maximum atomic E-state index is 10.7. The summed E-state index contributed by atoms with van der Waals surface area (Å²) in [6.07, 6.45) is 1.86. The fraction of sp³-hybridized carbons (Fsp3) is 0.600. The van der Waals surface area contributed by atoms with Gasteiger partial charge in [0, 0.05) is 30.8 Å². The number of carbonyl (C=O) groups excluding carboxylic acids is 2. The highest BCUT2D eigenvalue weighted by Gasteiger charge is 2.01. The summed E-state index contributed by atoms with van der Waals surface area (Å²) in [7, 11) is 0. The zero-order chi connectivity index (χ0) is 16.7. The van der Waals surface area contributed by atoms with Crippen molar-refractivity contribution in [3.8, 4) is 0 Å². The molecule has 0 aliphatic rings. The number of aliphatic hydroxyl groups excluding tert-OH is 2. The average Bonchev–Trinajstić information content (AvgIpc) is 2.44. The van der Waals surface area contributed by atoms with Crippen molar-refractivity contribution in [2.75, 3.05) is 26.4 Å². The highest BCUT2D eigenvalue weighted by molar-refractivity contribution is 5.87. The molecule has 0 aromatic carbocycles. The monoisotopic (exact) mass is 302 g/mol. The van der Waals surface area contributed by atoms with Gasteiger partial charge < -0.3 is 19.7 Å². The molecule has 0 aromatic heterocycles. The van der Waals surface area contributed by atoms with E-state index in [1.807, 2.05) is 0 Å². The van der Waals surface area contributed by atoms with Crippen molar-refractivity contribution in [2.45, 2.75) is 33.1 Å². The Morgan fingerprint density at radius 3 is 1.52 bits per heavy atom. The van der Waals surface area contributed by atoms with Gasteiger partial charge in [0.15, 0.2) is 0 Å².